The third-order valence-electron chi connectivity index (χ3n) is 7.40. The van der Waals surface area contributed by atoms with Gasteiger partial charge in [-0.3, -0.25) is 4.57 Å². The molecular weight excluding hydrogens is 495 g/mol. The number of rotatable bonds is 3. The van der Waals surface area contributed by atoms with E-state index in [-0.39, 0.29) is 0 Å². The second-order valence-corrected chi connectivity index (χ2v) is 10.8. The molecule has 4 nitrogen and oxygen atoms in total. The molecule has 0 saturated heterocycles. The average molecular weight is 516 g/mol. The number of hydrogen-bond acceptors (Lipinski definition) is 4. The fraction of sp³-hybridized carbons (Fsp3) is 0. The Kier molecular flexibility index (Phi) is 4.90. The number of fused-ring (bicyclic) bond motifs is 6. The van der Waals surface area contributed by atoms with Crippen molar-refractivity contribution in [2.75, 3.05) is 0 Å². The Morgan fingerprint density at radius 2 is 1.10 bits per heavy atom. The van der Waals surface area contributed by atoms with Gasteiger partial charge in [0.1, 0.15) is 7.85 Å². The Bertz CT molecular complexity index is 2140. The average Bonchev–Trinajstić information content (AvgIpc) is 3.54. The Morgan fingerprint density at radius 1 is 0.513 bits per heavy atom. The highest BCUT2D eigenvalue weighted by atomic mass is 32.1. The van der Waals surface area contributed by atoms with Crippen molar-refractivity contribution in [3.8, 4) is 28.7 Å². The molecule has 0 aliphatic heterocycles. The van der Waals surface area contributed by atoms with Gasteiger partial charge in [-0.15, -0.1) is 11.3 Å². The van der Waals surface area contributed by atoms with Gasteiger partial charge < -0.3 is 0 Å². The minimum absolute atomic E-state index is 0.616. The molecule has 5 aromatic carbocycles. The van der Waals surface area contributed by atoms with Crippen molar-refractivity contribution in [1.29, 1.82) is 0 Å². The summed E-state index contributed by atoms with van der Waals surface area (Å²) in [5.74, 6) is 1.95. The van der Waals surface area contributed by atoms with Crippen LogP contribution in [-0.2, 0) is 0 Å². The van der Waals surface area contributed by atoms with Gasteiger partial charge in [-0.05, 0) is 23.6 Å². The van der Waals surface area contributed by atoms with E-state index in [4.69, 9.17) is 15.0 Å². The van der Waals surface area contributed by atoms with Crippen LogP contribution >= 0.6 is 11.3 Å². The molecule has 8 rings (SSSR count). The summed E-state index contributed by atoms with van der Waals surface area (Å²) in [6.07, 6.45) is 0. The quantitative estimate of drug-likeness (QED) is 0.239. The maximum Gasteiger partial charge on any atom is 0.238 e. The van der Waals surface area contributed by atoms with Gasteiger partial charge in [0, 0.05) is 36.7 Å². The minimum atomic E-state index is 0.616. The van der Waals surface area contributed by atoms with Crippen molar-refractivity contribution in [3.05, 3.63) is 115 Å². The predicted octanol–water partition coefficient (Wildman–Crippen LogP) is 6.93. The van der Waals surface area contributed by atoms with Crippen LogP contribution in [-0.4, -0.2) is 27.4 Å². The van der Waals surface area contributed by atoms with Crippen LogP contribution in [0.15, 0.2) is 115 Å². The van der Waals surface area contributed by atoms with E-state index in [9.17, 15) is 0 Å². The molecule has 0 bridgehead atoms. The van der Waals surface area contributed by atoms with Gasteiger partial charge in [-0.25, -0.2) is 4.98 Å². The summed E-state index contributed by atoms with van der Waals surface area (Å²) in [6, 6.07) is 40.0. The molecule has 0 atom stereocenters. The van der Waals surface area contributed by atoms with Crippen LogP contribution in [0.4, 0.5) is 0 Å². The lowest BCUT2D eigenvalue weighted by Crippen LogP contribution is -2.06. The van der Waals surface area contributed by atoms with E-state index in [2.05, 4.69) is 109 Å². The Hall–Kier alpha value is -4.81. The van der Waals surface area contributed by atoms with Crippen molar-refractivity contribution in [3.63, 3.8) is 0 Å². The fourth-order valence-electron chi connectivity index (χ4n) is 5.58. The summed E-state index contributed by atoms with van der Waals surface area (Å²) in [7, 11) is 2.17. The summed E-state index contributed by atoms with van der Waals surface area (Å²) in [5, 5.41) is 4.87. The third kappa shape index (κ3) is 3.42. The summed E-state index contributed by atoms with van der Waals surface area (Å²) in [4.78, 5) is 15.3. The lowest BCUT2D eigenvalue weighted by atomic mass is 9.94. The van der Waals surface area contributed by atoms with E-state index in [1.54, 1.807) is 0 Å². The number of para-hydroxylation sites is 2. The van der Waals surface area contributed by atoms with Crippen LogP contribution < -0.4 is 5.46 Å². The van der Waals surface area contributed by atoms with E-state index in [1.807, 2.05) is 29.5 Å². The Labute approximate surface area is 229 Å². The van der Waals surface area contributed by atoms with Crippen molar-refractivity contribution in [1.82, 2.24) is 19.5 Å². The molecule has 0 N–H and O–H groups in total. The molecule has 8 aromatic rings. The van der Waals surface area contributed by atoms with Crippen molar-refractivity contribution in [2.24, 2.45) is 0 Å². The van der Waals surface area contributed by atoms with Gasteiger partial charge in [-0.2, -0.15) is 9.97 Å². The second-order valence-electron chi connectivity index (χ2n) is 9.75. The minimum Gasteiger partial charge on any atom is -0.278 e. The maximum absolute atomic E-state index is 5.16. The molecule has 0 spiro atoms. The normalized spacial score (nSPS) is 11.7. The zero-order valence-corrected chi connectivity index (χ0v) is 22.0. The molecule has 0 amide bonds. The molecule has 0 saturated carbocycles. The van der Waals surface area contributed by atoms with E-state index in [0.717, 1.165) is 22.2 Å². The smallest absolute Gasteiger partial charge is 0.238 e. The highest BCUT2D eigenvalue weighted by Gasteiger charge is 2.19. The van der Waals surface area contributed by atoms with Crippen LogP contribution in [0.2, 0.25) is 0 Å². The molecule has 0 unspecified atom stereocenters. The summed E-state index contributed by atoms with van der Waals surface area (Å²) >= 11 is 1.81. The van der Waals surface area contributed by atoms with E-state index >= 15 is 0 Å². The topological polar surface area (TPSA) is 43.6 Å². The Morgan fingerprint density at radius 3 is 1.85 bits per heavy atom. The number of benzene rings is 5. The summed E-state index contributed by atoms with van der Waals surface area (Å²) < 4.78 is 4.66. The first-order valence-corrected chi connectivity index (χ1v) is 13.8. The van der Waals surface area contributed by atoms with Crippen LogP contribution in [0.1, 0.15) is 0 Å². The van der Waals surface area contributed by atoms with Crippen molar-refractivity contribution < 1.29 is 0 Å². The van der Waals surface area contributed by atoms with Gasteiger partial charge in [0.25, 0.3) is 0 Å². The SMILES string of the molecule is Bc1cccc2c1sc1c(-c3nc(-c4ccccc4)nc(-n4c5ccccc5c5ccccc54)n3)cccc12. The first kappa shape index (κ1) is 22.2. The number of hydrogen-bond donors (Lipinski definition) is 0. The lowest BCUT2D eigenvalue weighted by Gasteiger charge is -2.11. The van der Waals surface area contributed by atoms with Crippen LogP contribution in [0, 0.1) is 0 Å². The fourth-order valence-corrected chi connectivity index (χ4v) is 6.86. The van der Waals surface area contributed by atoms with Crippen molar-refractivity contribution >= 4 is 66.6 Å². The van der Waals surface area contributed by atoms with Gasteiger partial charge >= 0.3 is 0 Å². The highest BCUT2D eigenvalue weighted by Crippen LogP contribution is 2.39. The first-order valence-electron chi connectivity index (χ1n) is 13.0. The molecule has 0 aliphatic rings. The highest BCUT2D eigenvalue weighted by molar-refractivity contribution is 7.27. The van der Waals surface area contributed by atoms with Crippen LogP contribution in [0.3, 0.4) is 0 Å². The molecule has 0 radical (unpaired) electrons. The van der Waals surface area contributed by atoms with Gasteiger partial charge in [0.2, 0.25) is 5.95 Å². The van der Waals surface area contributed by atoms with Crippen LogP contribution in [0.25, 0.3) is 70.7 Å². The van der Waals surface area contributed by atoms with Gasteiger partial charge in [0.15, 0.2) is 11.6 Å². The van der Waals surface area contributed by atoms with E-state index < -0.39 is 0 Å². The Balaban J connectivity index is 1.47. The second kappa shape index (κ2) is 8.62. The molecule has 3 aromatic heterocycles. The van der Waals surface area contributed by atoms with E-state index in [0.29, 0.717) is 17.6 Å². The van der Waals surface area contributed by atoms with Crippen LogP contribution in [0.5, 0.6) is 0 Å². The van der Waals surface area contributed by atoms with Gasteiger partial charge in [0.05, 0.1) is 11.0 Å². The summed E-state index contributed by atoms with van der Waals surface area (Å²) in [5.41, 5.74) is 5.42. The molecule has 0 aliphatic carbocycles. The lowest BCUT2D eigenvalue weighted by molar-refractivity contribution is 0.954. The number of aromatic nitrogens is 4. The molecule has 0 fully saturated rings. The number of nitrogens with zero attached hydrogens (tertiary/aromatic N) is 4. The molecule has 6 heteroatoms. The maximum atomic E-state index is 5.16. The predicted molar refractivity (Wildman–Crippen MR) is 166 cm³/mol. The largest absolute Gasteiger partial charge is 0.278 e. The van der Waals surface area contributed by atoms with Gasteiger partial charge in [-0.1, -0.05) is 103 Å². The molecular formula is C33H21BN4S. The number of thiophene rings is 1. The molecule has 39 heavy (non-hydrogen) atoms. The first-order chi connectivity index (χ1) is 19.3. The molecule has 182 valence electrons. The molecule has 3 heterocycles. The standard InChI is InChI=1S/C33H21BN4S/c34-26-17-9-15-24-23-14-8-16-25(29(23)39-30(24)26)32-35-31(20-10-2-1-3-11-20)36-33(37-32)38-27-18-6-4-12-21(27)22-13-5-7-19-28(22)38/h1-19H,34H2. The zero-order chi connectivity index (χ0) is 25.9. The zero-order valence-electron chi connectivity index (χ0n) is 21.2. The van der Waals surface area contributed by atoms with E-state index in [1.165, 1.54) is 36.4 Å². The monoisotopic (exact) mass is 516 g/mol. The van der Waals surface area contributed by atoms with Crippen molar-refractivity contribution in [2.45, 2.75) is 0 Å². The third-order valence-corrected chi connectivity index (χ3v) is 8.79. The summed E-state index contributed by atoms with van der Waals surface area (Å²) in [6.45, 7) is 0.